The second-order valence-corrected chi connectivity index (χ2v) is 5.72. The molecule has 0 aliphatic heterocycles. The lowest BCUT2D eigenvalue weighted by Gasteiger charge is -1.98. The molecule has 0 aliphatic carbocycles. The highest BCUT2D eigenvalue weighted by Crippen LogP contribution is 2.34. The summed E-state index contributed by atoms with van der Waals surface area (Å²) in [5.74, 6) is -0.220. The molecule has 15 heavy (non-hydrogen) atoms. The van der Waals surface area contributed by atoms with Gasteiger partial charge in [-0.3, -0.25) is 0 Å². The number of halogens is 3. The molecule has 1 aromatic carbocycles. The maximum atomic E-state index is 12.8. The summed E-state index contributed by atoms with van der Waals surface area (Å²) in [6.45, 7) is 0. The Kier molecular flexibility index (Phi) is 3.53. The molecular weight excluding hydrogens is 345 g/mol. The Balaban J connectivity index is 2.48. The highest BCUT2D eigenvalue weighted by molar-refractivity contribution is 9.11. The van der Waals surface area contributed by atoms with Gasteiger partial charge in [-0.25, -0.2) is 9.37 Å². The summed E-state index contributed by atoms with van der Waals surface area (Å²) >= 11 is 8.28. The third-order valence-corrected chi connectivity index (χ3v) is 4.03. The molecule has 0 spiro atoms. The van der Waals surface area contributed by atoms with Crippen molar-refractivity contribution in [2.24, 2.45) is 0 Å². The second kappa shape index (κ2) is 4.72. The number of hydrogen-bond donors (Lipinski definition) is 0. The maximum absolute atomic E-state index is 12.8. The lowest BCUT2D eigenvalue weighted by Crippen LogP contribution is -1.82. The fourth-order valence-corrected chi connectivity index (χ4v) is 3.35. The minimum absolute atomic E-state index is 0.220. The van der Waals surface area contributed by atoms with Crippen LogP contribution in [0.2, 0.25) is 0 Å². The molecule has 0 saturated carbocycles. The van der Waals surface area contributed by atoms with Crippen molar-refractivity contribution in [3.8, 4) is 10.4 Å². The van der Waals surface area contributed by atoms with Crippen LogP contribution in [0.5, 0.6) is 0 Å². The number of rotatable bonds is 2. The van der Waals surface area contributed by atoms with Crippen LogP contribution in [0.25, 0.3) is 10.4 Å². The van der Waals surface area contributed by atoms with Gasteiger partial charge in [-0.15, -0.1) is 11.3 Å². The van der Waals surface area contributed by atoms with E-state index in [1.807, 2.05) is 0 Å². The van der Waals surface area contributed by atoms with Gasteiger partial charge in [0.15, 0.2) is 3.92 Å². The number of nitrogens with zero attached hydrogens (tertiary/aromatic N) is 1. The molecule has 1 aromatic heterocycles. The van der Waals surface area contributed by atoms with Gasteiger partial charge in [0.25, 0.3) is 0 Å². The summed E-state index contributed by atoms with van der Waals surface area (Å²) in [7, 11) is 0. The monoisotopic (exact) mass is 349 g/mol. The molecule has 0 bridgehead atoms. The van der Waals surface area contributed by atoms with Crippen molar-refractivity contribution >= 4 is 43.2 Å². The Bertz CT molecular complexity index is 467. The zero-order chi connectivity index (χ0) is 10.8. The van der Waals surface area contributed by atoms with E-state index in [0.29, 0.717) is 5.33 Å². The second-order valence-electron chi connectivity index (χ2n) is 2.88. The minimum atomic E-state index is -0.220. The first-order valence-corrected chi connectivity index (χ1v) is 6.91. The molecule has 0 unspecified atom stereocenters. The first-order valence-electron chi connectivity index (χ1n) is 4.18. The van der Waals surface area contributed by atoms with Crippen LogP contribution in [0.4, 0.5) is 4.39 Å². The van der Waals surface area contributed by atoms with E-state index in [2.05, 4.69) is 36.8 Å². The Labute approximate surface area is 108 Å². The molecule has 0 N–H and O–H groups in total. The quantitative estimate of drug-likeness (QED) is 0.721. The highest BCUT2D eigenvalue weighted by Gasteiger charge is 2.10. The number of thiazole rings is 1. The van der Waals surface area contributed by atoms with Crippen LogP contribution in [0.3, 0.4) is 0 Å². The van der Waals surface area contributed by atoms with E-state index in [9.17, 15) is 4.39 Å². The SMILES string of the molecule is Fc1ccc(-c2sc(Br)nc2CBr)cc1. The van der Waals surface area contributed by atoms with Gasteiger partial charge in [-0.1, -0.05) is 28.1 Å². The fraction of sp³-hybridized carbons (Fsp3) is 0.100. The normalized spacial score (nSPS) is 10.6. The van der Waals surface area contributed by atoms with Crippen LogP contribution in [0.1, 0.15) is 5.69 Å². The van der Waals surface area contributed by atoms with Crippen molar-refractivity contribution in [3.05, 3.63) is 39.7 Å². The van der Waals surface area contributed by atoms with Crippen molar-refractivity contribution in [1.82, 2.24) is 4.98 Å². The van der Waals surface area contributed by atoms with Crippen LogP contribution in [-0.2, 0) is 5.33 Å². The Morgan fingerprint density at radius 2 is 1.93 bits per heavy atom. The van der Waals surface area contributed by atoms with Gasteiger partial charge in [0.05, 0.1) is 10.6 Å². The molecule has 0 atom stereocenters. The first kappa shape index (κ1) is 11.2. The van der Waals surface area contributed by atoms with Crippen LogP contribution < -0.4 is 0 Å². The molecule has 0 saturated heterocycles. The van der Waals surface area contributed by atoms with E-state index in [0.717, 1.165) is 20.1 Å². The van der Waals surface area contributed by atoms with E-state index in [-0.39, 0.29) is 5.82 Å². The van der Waals surface area contributed by atoms with Gasteiger partial charge in [-0.05, 0) is 33.6 Å². The maximum Gasteiger partial charge on any atom is 0.159 e. The molecule has 0 fully saturated rings. The fourth-order valence-electron chi connectivity index (χ4n) is 1.24. The molecule has 5 heteroatoms. The molecule has 0 radical (unpaired) electrons. The number of benzene rings is 1. The molecule has 2 aromatic rings. The van der Waals surface area contributed by atoms with E-state index in [4.69, 9.17) is 0 Å². The minimum Gasteiger partial charge on any atom is -0.233 e. The van der Waals surface area contributed by atoms with Gasteiger partial charge in [0.2, 0.25) is 0 Å². The molecule has 0 amide bonds. The van der Waals surface area contributed by atoms with Crippen molar-refractivity contribution < 1.29 is 4.39 Å². The van der Waals surface area contributed by atoms with Gasteiger partial charge in [0.1, 0.15) is 5.82 Å². The lowest BCUT2D eigenvalue weighted by molar-refractivity contribution is 0.628. The third kappa shape index (κ3) is 2.46. The zero-order valence-corrected chi connectivity index (χ0v) is 11.5. The van der Waals surface area contributed by atoms with Crippen molar-refractivity contribution in [2.75, 3.05) is 0 Å². The van der Waals surface area contributed by atoms with E-state index in [1.54, 1.807) is 23.5 Å². The van der Waals surface area contributed by atoms with E-state index in [1.165, 1.54) is 12.1 Å². The Hall–Kier alpha value is -0.260. The van der Waals surface area contributed by atoms with Crippen molar-refractivity contribution in [3.63, 3.8) is 0 Å². The van der Waals surface area contributed by atoms with Crippen LogP contribution in [0.15, 0.2) is 28.2 Å². The smallest absolute Gasteiger partial charge is 0.159 e. The molecule has 1 nitrogen and oxygen atoms in total. The first-order chi connectivity index (χ1) is 7.20. The summed E-state index contributed by atoms with van der Waals surface area (Å²) in [4.78, 5) is 5.39. The van der Waals surface area contributed by atoms with Gasteiger partial charge < -0.3 is 0 Å². The van der Waals surface area contributed by atoms with Crippen molar-refractivity contribution in [1.29, 1.82) is 0 Å². The zero-order valence-electron chi connectivity index (χ0n) is 7.51. The summed E-state index contributed by atoms with van der Waals surface area (Å²) in [6.07, 6.45) is 0. The predicted molar refractivity (Wildman–Crippen MR) is 67.8 cm³/mol. The molecule has 78 valence electrons. The number of hydrogen-bond acceptors (Lipinski definition) is 2. The Morgan fingerprint density at radius 1 is 1.27 bits per heavy atom. The van der Waals surface area contributed by atoms with Gasteiger partial charge >= 0.3 is 0 Å². The van der Waals surface area contributed by atoms with Crippen LogP contribution >= 0.6 is 43.2 Å². The standard InChI is InChI=1S/C10H6Br2FNS/c11-5-8-9(15-10(12)14-8)6-1-3-7(13)4-2-6/h1-4H,5H2. The molecule has 2 rings (SSSR count). The molecular formula is C10H6Br2FNS. The average Bonchev–Trinajstić information content (AvgIpc) is 2.61. The Morgan fingerprint density at radius 3 is 2.53 bits per heavy atom. The largest absolute Gasteiger partial charge is 0.233 e. The van der Waals surface area contributed by atoms with E-state index < -0.39 is 0 Å². The summed E-state index contributed by atoms with van der Waals surface area (Å²) in [5, 5.41) is 0.696. The van der Waals surface area contributed by atoms with E-state index >= 15 is 0 Å². The summed E-state index contributed by atoms with van der Waals surface area (Å²) < 4.78 is 13.6. The molecule has 1 heterocycles. The van der Waals surface area contributed by atoms with Gasteiger partial charge in [-0.2, -0.15) is 0 Å². The molecule has 0 aliphatic rings. The summed E-state index contributed by atoms with van der Waals surface area (Å²) in [5.41, 5.74) is 1.97. The topological polar surface area (TPSA) is 12.9 Å². The number of alkyl halides is 1. The lowest BCUT2D eigenvalue weighted by atomic mass is 10.1. The average molecular weight is 351 g/mol. The van der Waals surface area contributed by atoms with Crippen LogP contribution in [0, 0.1) is 5.82 Å². The predicted octanol–water partition coefficient (Wildman–Crippen LogP) is 4.61. The van der Waals surface area contributed by atoms with Crippen LogP contribution in [-0.4, -0.2) is 4.98 Å². The van der Waals surface area contributed by atoms with Crippen molar-refractivity contribution in [2.45, 2.75) is 5.33 Å². The van der Waals surface area contributed by atoms with Gasteiger partial charge in [0, 0.05) is 5.33 Å². The number of aromatic nitrogens is 1. The highest BCUT2D eigenvalue weighted by atomic mass is 79.9. The third-order valence-electron chi connectivity index (χ3n) is 1.90. The summed E-state index contributed by atoms with van der Waals surface area (Å²) in [6, 6.07) is 6.45.